The minimum atomic E-state index is -0.176. The fourth-order valence-electron chi connectivity index (χ4n) is 1.94. The van der Waals surface area contributed by atoms with E-state index in [2.05, 4.69) is 10.2 Å². The Morgan fingerprint density at radius 1 is 1.24 bits per heavy atom. The standard InChI is InChI=1S/C14H14N2O/c1-15-13(12-9-5-6-10-16-12)14(17)11-7-3-2-4-8-11/h2-4,7-8,16H,5-6,9-10H2/b13-12+. The van der Waals surface area contributed by atoms with Gasteiger partial charge >= 0.3 is 0 Å². The van der Waals surface area contributed by atoms with Crippen molar-refractivity contribution in [1.29, 1.82) is 0 Å². The lowest BCUT2D eigenvalue weighted by Crippen LogP contribution is -2.23. The zero-order valence-corrected chi connectivity index (χ0v) is 9.57. The Morgan fingerprint density at radius 2 is 2.00 bits per heavy atom. The Bertz CT molecular complexity index is 475. The summed E-state index contributed by atoms with van der Waals surface area (Å²) in [6.07, 6.45) is 2.95. The molecule has 1 N–H and O–H groups in total. The molecule has 1 aliphatic rings. The van der Waals surface area contributed by atoms with Crippen LogP contribution in [-0.4, -0.2) is 12.3 Å². The second-order valence-corrected chi connectivity index (χ2v) is 4.02. The maximum atomic E-state index is 12.2. The van der Waals surface area contributed by atoms with Crippen LogP contribution in [-0.2, 0) is 0 Å². The Balaban J connectivity index is 2.31. The van der Waals surface area contributed by atoms with Crippen LogP contribution >= 0.6 is 0 Å². The molecule has 0 unspecified atom stereocenters. The van der Waals surface area contributed by atoms with Gasteiger partial charge in [-0.2, -0.15) is 0 Å². The van der Waals surface area contributed by atoms with E-state index >= 15 is 0 Å². The van der Waals surface area contributed by atoms with Gasteiger partial charge in [-0.05, 0) is 19.3 Å². The van der Waals surface area contributed by atoms with Gasteiger partial charge in [0.1, 0.15) is 0 Å². The molecule has 1 aromatic rings. The summed E-state index contributed by atoms with van der Waals surface area (Å²) in [4.78, 5) is 15.6. The summed E-state index contributed by atoms with van der Waals surface area (Å²) in [5.41, 5.74) is 1.63. The van der Waals surface area contributed by atoms with Crippen molar-refractivity contribution >= 4 is 5.78 Å². The molecule has 1 fully saturated rings. The lowest BCUT2D eigenvalue weighted by atomic mass is 10.0. The molecule has 3 heteroatoms. The van der Waals surface area contributed by atoms with Crippen LogP contribution < -0.4 is 5.32 Å². The van der Waals surface area contributed by atoms with Crippen molar-refractivity contribution in [3.63, 3.8) is 0 Å². The summed E-state index contributed by atoms with van der Waals surface area (Å²) in [7, 11) is 0. The highest BCUT2D eigenvalue weighted by Gasteiger charge is 2.18. The van der Waals surface area contributed by atoms with E-state index in [9.17, 15) is 4.79 Å². The Kier molecular flexibility index (Phi) is 3.56. The quantitative estimate of drug-likeness (QED) is 0.478. The lowest BCUT2D eigenvalue weighted by Gasteiger charge is -2.18. The summed E-state index contributed by atoms with van der Waals surface area (Å²) in [6.45, 7) is 8.04. The number of carbonyl (C=O) groups excluding carboxylic acids is 1. The van der Waals surface area contributed by atoms with Crippen molar-refractivity contribution in [3.8, 4) is 0 Å². The van der Waals surface area contributed by atoms with E-state index in [0.717, 1.165) is 31.5 Å². The van der Waals surface area contributed by atoms with Crippen molar-refractivity contribution < 1.29 is 4.79 Å². The topological polar surface area (TPSA) is 33.5 Å². The molecular formula is C14H14N2O. The summed E-state index contributed by atoms with van der Waals surface area (Å²) in [6, 6.07) is 8.98. The fourth-order valence-corrected chi connectivity index (χ4v) is 1.94. The van der Waals surface area contributed by atoms with Crippen LogP contribution in [0.15, 0.2) is 41.7 Å². The highest BCUT2D eigenvalue weighted by atomic mass is 16.1. The van der Waals surface area contributed by atoms with Gasteiger partial charge in [-0.25, -0.2) is 4.85 Å². The summed E-state index contributed by atoms with van der Waals surface area (Å²) < 4.78 is 0. The van der Waals surface area contributed by atoms with Gasteiger partial charge in [-0.15, -0.1) is 0 Å². The van der Waals surface area contributed by atoms with E-state index in [4.69, 9.17) is 6.57 Å². The van der Waals surface area contributed by atoms with E-state index in [1.807, 2.05) is 18.2 Å². The molecule has 3 nitrogen and oxygen atoms in total. The van der Waals surface area contributed by atoms with Gasteiger partial charge in [0, 0.05) is 17.8 Å². The van der Waals surface area contributed by atoms with Crippen molar-refractivity contribution in [2.45, 2.75) is 19.3 Å². The highest BCUT2D eigenvalue weighted by molar-refractivity contribution is 6.10. The minimum Gasteiger partial charge on any atom is -0.397 e. The zero-order valence-electron chi connectivity index (χ0n) is 9.57. The molecule has 0 aromatic heterocycles. The number of benzene rings is 1. The van der Waals surface area contributed by atoms with Crippen LogP contribution in [0, 0.1) is 6.57 Å². The number of allylic oxidation sites excluding steroid dienone is 2. The number of carbonyl (C=O) groups is 1. The van der Waals surface area contributed by atoms with Crippen LogP contribution in [0.25, 0.3) is 4.85 Å². The van der Waals surface area contributed by atoms with E-state index in [-0.39, 0.29) is 11.5 Å². The molecular weight excluding hydrogens is 212 g/mol. The van der Waals surface area contributed by atoms with Crippen LogP contribution in [0.5, 0.6) is 0 Å². The van der Waals surface area contributed by atoms with Gasteiger partial charge in [0.15, 0.2) is 5.78 Å². The van der Waals surface area contributed by atoms with Gasteiger partial charge in [-0.3, -0.25) is 0 Å². The van der Waals surface area contributed by atoms with E-state index in [1.54, 1.807) is 12.1 Å². The lowest BCUT2D eigenvalue weighted by molar-refractivity contribution is 0.103. The molecule has 0 atom stereocenters. The summed E-state index contributed by atoms with van der Waals surface area (Å²) >= 11 is 0. The smallest absolute Gasteiger partial charge is 0.252 e. The average molecular weight is 226 g/mol. The third-order valence-corrected chi connectivity index (χ3v) is 2.84. The highest BCUT2D eigenvalue weighted by Crippen LogP contribution is 2.19. The minimum absolute atomic E-state index is 0.176. The van der Waals surface area contributed by atoms with Crippen molar-refractivity contribution in [2.24, 2.45) is 0 Å². The Labute approximate surface area is 101 Å². The fraction of sp³-hybridized carbons (Fsp3) is 0.286. The van der Waals surface area contributed by atoms with Crippen molar-refractivity contribution in [2.75, 3.05) is 6.54 Å². The molecule has 1 heterocycles. The molecule has 1 aliphatic heterocycles. The number of nitrogens with one attached hydrogen (secondary N) is 1. The number of piperidine rings is 1. The van der Waals surface area contributed by atoms with Gasteiger partial charge in [-0.1, -0.05) is 30.3 Å². The van der Waals surface area contributed by atoms with Crippen LogP contribution in [0.1, 0.15) is 29.6 Å². The predicted molar refractivity (Wildman–Crippen MR) is 66.3 cm³/mol. The second kappa shape index (κ2) is 5.31. The first-order valence-electron chi connectivity index (χ1n) is 5.77. The maximum absolute atomic E-state index is 12.2. The first kappa shape index (κ1) is 11.4. The van der Waals surface area contributed by atoms with Crippen LogP contribution in [0.2, 0.25) is 0 Å². The number of ketones is 1. The molecule has 0 aliphatic carbocycles. The number of hydrogen-bond donors (Lipinski definition) is 1. The first-order chi connectivity index (χ1) is 8.33. The number of hydrogen-bond acceptors (Lipinski definition) is 2. The van der Waals surface area contributed by atoms with Crippen molar-refractivity contribution in [1.82, 2.24) is 5.32 Å². The molecule has 86 valence electrons. The summed E-state index contributed by atoms with van der Waals surface area (Å²) in [5, 5.41) is 3.17. The van der Waals surface area contributed by atoms with E-state index < -0.39 is 0 Å². The van der Waals surface area contributed by atoms with Gasteiger partial charge in [0.2, 0.25) is 0 Å². The van der Waals surface area contributed by atoms with Crippen molar-refractivity contribution in [3.05, 3.63) is 58.7 Å². The van der Waals surface area contributed by atoms with Crippen LogP contribution in [0.4, 0.5) is 0 Å². The molecule has 17 heavy (non-hydrogen) atoms. The van der Waals surface area contributed by atoms with E-state index in [1.165, 1.54) is 0 Å². The molecule has 0 radical (unpaired) electrons. The monoisotopic (exact) mass is 226 g/mol. The van der Waals surface area contributed by atoms with Gasteiger partial charge < -0.3 is 10.1 Å². The largest absolute Gasteiger partial charge is 0.397 e. The Morgan fingerprint density at radius 3 is 2.59 bits per heavy atom. The van der Waals surface area contributed by atoms with Crippen LogP contribution in [0.3, 0.4) is 0 Å². The van der Waals surface area contributed by atoms with E-state index in [0.29, 0.717) is 5.56 Å². The molecule has 1 saturated heterocycles. The first-order valence-corrected chi connectivity index (χ1v) is 5.77. The second-order valence-electron chi connectivity index (χ2n) is 4.02. The predicted octanol–water partition coefficient (Wildman–Crippen LogP) is 2.77. The molecule has 0 saturated carbocycles. The molecule has 0 amide bonds. The maximum Gasteiger partial charge on any atom is 0.252 e. The zero-order chi connectivity index (χ0) is 12.1. The number of Topliss-reactive ketones (excluding diaryl/α,β-unsaturated/α-hetero) is 1. The molecule has 0 spiro atoms. The molecule has 0 bridgehead atoms. The number of nitrogens with zero attached hydrogens (tertiary/aromatic N) is 1. The SMILES string of the molecule is [C-]#[N+]/C(C(=O)c1ccccc1)=C1\CCCCN1. The normalized spacial score (nSPS) is 17.8. The Hall–Kier alpha value is -2.08. The average Bonchev–Trinajstić information content (AvgIpc) is 2.42. The number of rotatable bonds is 2. The third kappa shape index (κ3) is 2.54. The van der Waals surface area contributed by atoms with Gasteiger partial charge in [0.25, 0.3) is 5.70 Å². The molecule has 2 rings (SSSR count). The molecule has 1 aromatic carbocycles. The third-order valence-electron chi connectivity index (χ3n) is 2.84. The summed E-state index contributed by atoms with van der Waals surface area (Å²) in [5.74, 6) is -0.176. The van der Waals surface area contributed by atoms with Gasteiger partial charge in [0.05, 0.1) is 6.57 Å².